The van der Waals surface area contributed by atoms with Gasteiger partial charge in [0.1, 0.15) is 16.9 Å². The van der Waals surface area contributed by atoms with Gasteiger partial charge in [0.15, 0.2) is 7.05 Å². The number of aromatic nitrogens is 2. The smallest absolute Gasteiger partial charge is 0.243 e. The van der Waals surface area contributed by atoms with Crippen LogP contribution in [0.4, 0.5) is 0 Å². The van der Waals surface area contributed by atoms with Crippen molar-refractivity contribution >= 4 is 32.7 Å². The second-order valence-corrected chi connectivity index (χ2v) is 6.58. The molecule has 0 saturated carbocycles. The zero-order valence-corrected chi connectivity index (χ0v) is 14.6. The van der Waals surface area contributed by atoms with E-state index in [-0.39, 0.29) is 5.69 Å². The molecule has 3 aromatic carbocycles. The Morgan fingerprint density at radius 1 is 0.923 bits per heavy atom. The van der Waals surface area contributed by atoms with E-state index in [0.717, 1.165) is 49.5 Å². The van der Waals surface area contributed by atoms with Crippen LogP contribution in [0.3, 0.4) is 0 Å². The number of para-hydroxylation sites is 1. The van der Waals surface area contributed by atoms with E-state index < -0.39 is 6.85 Å². The van der Waals surface area contributed by atoms with Crippen LogP contribution in [0.25, 0.3) is 44.0 Å². The van der Waals surface area contributed by atoms with Gasteiger partial charge in [-0.25, -0.2) is 0 Å². The molecule has 126 valence electrons. The van der Waals surface area contributed by atoms with Gasteiger partial charge in [-0.1, -0.05) is 47.1 Å². The first kappa shape index (κ1) is 12.2. The van der Waals surface area contributed by atoms with E-state index in [0.29, 0.717) is 0 Å². The Morgan fingerprint density at radius 2 is 1.65 bits per heavy atom. The summed E-state index contributed by atoms with van der Waals surface area (Å²) >= 11 is 0. The molecular formula is C23H19N2O+. The van der Waals surface area contributed by atoms with Crippen LogP contribution >= 0.6 is 0 Å². The fourth-order valence-electron chi connectivity index (χ4n) is 3.89. The number of nitrogens with zero attached hydrogens (tertiary/aromatic N) is 2. The second kappa shape index (κ2) is 5.40. The van der Waals surface area contributed by atoms with Crippen molar-refractivity contribution in [2.75, 3.05) is 0 Å². The van der Waals surface area contributed by atoms with E-state index in [2.05, 4.69) is 30.2 Å². The molecule has 0 radical (unpaired) electrons. The van der Waals surface area contributed by atoms with Crippen molar-refractivity contribution in [1.29, 1.82) is 0 Å². The number of benzene rings is 3. The first-order valence-corrected chi connectivity index (χ1v) is 8.57. The molecule has 2 heterocycles. The largest absolute Gasteiger partial charge is 0.455 e. The molecule has 0 spiro atoms. The molecule has 5 aromatic rings. The summed E-state index contributed by atoms with van der Waals surface area (Å²) in [6.07, 6.45) is 0. The molecule has 0 saturated heterocycles. The van der Waals surface area contributed by atoms with Crippen molar-refractivity contribution in [3.8, 4) is 11.3 Å². The molecule has 0 fully saturated rings. The molecule has 0 bridgehead atoms. The van der Waals surface area contributed by atoms with Crippen LogP contribution in [0.1, 0.15) is 15.4 Å². The summed E-state index contributed by atoms with van der Waals surface area (Å²) in [5.74, 6) is 0. The molecule has 0 atom stereocenters. The summed E-state index contributed by atoms with van der Waals surface area (Å²) in [6.45, 7) is -0.175. The topological polar surface area (TPSA) is 29.9 Å². The van der Waals surface area contributed by atoms with Crippen LogP contribution in [0.2, 0.25) is 0 Å². The number of fused-ring (bicyclic) bond motifs is 5. The molecule has 26 heavy (non-hydrogen) atoms. The van der Waals surface area contributed by atoms with E-state index in [1.165, 1.54) is 0 Å². The summed E-state index contributed by atoms with van der Waals surface area (Å²) in [7, 11) is 1.77. The monoisotopic (exact) mass is 342 g/mol. The predicted octanol–water partition coefficient (Wildman–Crippen LogP) is 5.24. The van der Waals surface area contributed by atoms with Crippen LogP contribution in [0, 0.1) is 13.8 Å². The normalized spacial score (nSPS) is 13.8. The average Bonchev–Trinajstić information content (AvgIpc) is 3.07. The zero-order chi connectivity index (χ0) is 20.3. The van der Waals surface area contributed by atoms with E-state index in [9.17, 15) is 0 Å². The Kier molecular flexibility index (Phi) is 2.53. The minimum atomic E-state index is -2.25. The van der Waals surface area contributed by atoms with Crippen molar-refractivity contribution < 1.29 is 13.2 Å². The molecule has 0 N–H and O–H groups in total. The Labute approximate surface area is 155 Å². The summed E-state index contributed by atoms with van der Waals surface area (Å²) in [4.78, 5) is 0. The van der Waals surface area contributed by atoms with Crippen LogP contribution in [0.15, 0.2) is 65.1 Å². The quantitative estimate of drug-likeness (QED) is 0.390. The van der Waals surface area contributed by atoms with Gasteiger partial charge >= 0.3 is 0 Å². The summed E-state index contributed by atoms with van der Waals surface area (Å²) < 4.78 is 30.9. The van der Waals surface area contributed by atoms with Gasteiger partial charge in [0.25, 0.3) is 0 Å². The number of rotatable bonds is 1. The maximum atomic E-state index is 7.64. The van der Waals surface area contributed by atoms with E-state index in [1.807, 2.05) is 36.4 Å². The SMILES string of the molecule is [2H]C([2H])([2H])c1ccc(-c2c(C)c3ccccc3c3c2oc2ccccc23)[n+](C)n1. The maximum Gasteiger partial charge on any atom is 0.243 e. The highest BCUT2D eigenvalue weighted by Crippen LogP contribution is 2.42. The minimum absolute atomic E-state index is 0.0723. The lowest BCUT2D eigenvalue weighted by Crippen LogP contribution is -2.36. The third kappa shape index (κ3) is 2.00. The lowest BCUT2D eigenvalue weighted by atomic mass is 9.93. The first-order chi connectivity index (χ1) is 13.9. The number of aryl methyl sites for hydroxylation is 3. The van der Waals surface area contributed by atoms with Crippen molar-refractivity contribution in [1.82, 2.24) is 5.10 Å². The predicted molar refractivity (Wildman–Crippen MR) is 105 cm³/mol. The van der Waals surface area contributed by atoms with Crippen LogP contribution in [-0.4, -0.2) is 5.10 Å². The molecular weight excluding hydrogens is 320 g/mol. The molecule has 0 amide bonds. The van der Waals surface area contributed by atoms with Crippen molar-refractivity contribution in [3.63, 3.8) is 0 Å². The molecule has 5 rings (SSSR count). The highest BCUT2D eigenvalue weighted by atomic mass is 16.3. The van der Waals surface area contributed by atoms with Crippen molar-refractivity contribution in [2.24, 2.45) is 7.05 Å². The van der Waals surface area contributed by atoms with Gasteiger partial charge in [0.05, 0.1) is 5.56 Å². The Bertz CT molecular complexity index is 1420. The van der Waals surface area contributed by atoms with Gasteiger partial charge in [-0.3, -0.25) is 0 Å². The van der Waals surface area contributed by atoms with E-state index in [4.69, 9.17) is 8.53 Å². The third-order valence-electron chi connectivity index (χ3n) is 5.06. The summed E-state index contributed by atoms with van der Waals surface area (Å²) in [6, 6.07) is 19.7. The van der Waals surface area contributed by atoms with Gasteiger partial charge in [-0.05, 0) is 47.3 Å². The standard InChI is InChI=1S/C23H19N2O/c1-14-12-13-19(25(3)24-14)21-15(2)16-8-4-5-9-17(16)22-18-10-6-7-11-20(18)26-23(21)22/h4-13H,1-3H3/q+1/i1D3. The molecule has 3 heteroatoms. The van der Waals surface area contributed by atoms with Crippen molar-refractivity contribution in [2.45, 2.75) is 13.8 Å². The van der Waals surface area contributed by atoms with Gasteiger partial charge in [-0.2, -0.15) is 0 Å². The minimum Gasteiger partial charge on any atom is -0.455 e. The summed E-state index contributed by atoms with van der Waals surface area (Å²) in [5.41, 5.74) is 4.51. The number of hydrogen-bond donors (Lipinski definition) is 0. The number of furan rings is 1. The maximum absolute atomic E-state index is 7.64. The molecule has 0 aliphatic carbocycles. The summed E-state index contributed by atoms with van der Waals surface area (Å²) in [5, 5.41) is 8.73. The number of hydrogen-bond acceptors (Lipinski definition) is 2. The Morgan fingerprint density at radius 3 is 2.42 bits per heavy atom. The Balaban J connectivity index is 1.95. The molecule has 2 aromatic heterocycles. The third-order valence-corrected chi connectivity index (χ3v) is 5.06. The first-order valence-electron chi connectivity index (χ1n) is 10.1. The van der Waals surface area contributed by atoms with Gasteiger partial charge in [0.2, 0.25) is 5.69 Å². The average molecular weight is 342 g/mol. The van der Waals surface area contributed by atoms with Gasteiger partial charge < -0.3 is 4.42 Å². The zero-order valence-electron chi connectivity index (χ0n) is 17.6. The highest BCUT2D eigenvalue weighted by molar-refractivity contribution is 6.23. The lowest BCUT2D eigenvalue weighted by Gasteiger charge is -2.10. The molecule has 0 aliphatic heterocycles. The fraction of sp³-hybridized carbons (Fsp3) is 0.130. The lowest BCUT2D eigenvalue weighted by molar-refractivity contribution is -0.720. The second-order valence-electron chi connectivity index (χ2n) is 6.58. The van der Waals surface area contributed by atoms with Crippen LogP contribution < -0.4 is 4.68 Å². The van der Waals surface area contributed by atoms with Crippen LogP contribution in [0.5, 0.6) is 0 Å². The highest BCUT2D eigenvalue weighted by Gasteiger charge is 2.24. The molecule has 3 nitrogen and oxygen atoms in total. The van der Waals surface area contributed by atoms with Crippen LogP contribution in [-0.2, 0) is 7.05 Å². The molecule has 0 unspecified atom stereocenters. The van der Waals surface area contributed by atoms with Gasteiger partial charge in [0, 0.05) is 21.0 Å². The Hall–Kier alpha value is -3.20. The fourth-order valence-corrected chi connectivity index (χ4v) is 3.89. The van der Waals surface area contributed by atoms with E-state index >= 15 is 0 Å². The van der Waals surface area contributed by atoms with Gasteiger partial charge in [-0.15, -0.1) is 0 Å². The van der Waals surface area contributed by atoms with E-state index in [1.54, 1.807) is 17.8 Å². The van der Waals surface area contributed by atoms with Crippen molar-refractivity contribution in [3.05, 3.63) is 71.9 Å². The molecule has 0 aliphatic rings.